The van der Waals surface area contributed by atoms with Gasteiger partial charge in [0.1, 0.15) is 0 Å². The van der Waals surface area contributed by atoms with Crippen LogP contribution in [-0.2, 0) is 0 Å². The highest BCUT2D eigenvalue weighted by atomic mass is 79.9. The first-order valence-electron chi connectivity index (χ1n) is 8.77. The second-order valence-corrected chi connectivity index (χ2v) is 8.22. The SMILES string of the molecule is Brc1ccccc1-c1cc(-n2c3ccccc3c3ccccc32)ccc1Br. The Morgan fingerprint density at radius 3 is 1.74 bits per heavy atom. The van der Waals surface area contributed by atoms with Gasteiger partial charge in [0.25, 0.3) is 0 Å². The average molecular weight is 477 g/mol. The highest BCUT2D eigenvalue weighted by Crippen LogP contribution is 2.37. The predicted octanol–water partition coefficient (Wildman–Crippen LogP) is 7.98. The van der Waals surface area contributed by atoms with Gasteiger partial charge < -0.3 is 4.57 Å². The van der Waals surface area contributed by atoms with Crippen molar-refractivity contribution in [3.63, 3.8) is 0 Å². The molecule has 0 aliphatic rings. The second kappa shape index (κ2) is 6.66. The zero-order valence-corrected chi connectivity index (χ0v) is 17.5. The van der Waals surface area contributed by atoms with Crippen molar-refractivity contribution in [1.82, 2.24) is 4.57 Å². The summed E-state index contributed by atoms with van der Waals surface area (Å²) in [6, 6.07) is 32.1. The molecule has 3 heteroatoms. The van der Waals surface area contributed by atoms with Crippen molar-refractivity contribution < 1.29 is 0 Å². The summed E-state index contributed by atoms with van der Waals surface area (Å²) in [5.74, 6) is 0. The molecular weight excluding hydrogens is 462 g/mol. The average Bonchev–Trinajstić information content (AvgIpc) is 3.04. The van der Waals surface area contributed by atoms with Crippen LogP contribution in [0.3, 0.4) is 0 Å². The van der Waals surface area contributed by atoms with Crippen LogP contribution in [0.4, 0.5) is 0 Å². The maximum atomic E-state index is 3.73. The molecule has 0 bridgehead atoms. The lowest BCUT2D eigenvalue weighted by molar-refractivity contribution is 1.18. The van der Waals surface area contributed by atoms with Crippen LogP contribution in [0, 0.1) is 0 Å². The number of nitrogens with zero attached hydrogens (tertiary/aromatic N) is 1. The molecule has 1 aromatic heterocycles. The van der Waals surface area contributed by atoms with Crippen molar-refractivity contribution in [3.8, 4) is 16.8 Å². The van der Waals surface area contributed by atoms with E-state index in [1.807, 2.05) is 6.07 Å². The van der Waals surface area contributed by atoms with Crippen LogP contribution < -0.4 is 0 Å². The molecule has 0 unspecified atom stereocenters. The molecule has 0 fully saturated rings. The first-order valence-corrected chi connectivity index (χ1v) is 10.4. The molecule has 4 aromatic carbocycles. The summed E-state index contributed by atoms with van der Waals surface area (Å²) >= 11 is 7.43. The molecule has 0 atom stereocenters. The zero-order valence-electron chi connectivity index (χ0n) is 14.4. The summed E-state index contributed by atoms with van der Waals surface area (Å²) in [5, 5.41) is 2.55. The van der Waals surface area contributed by atoms with Gasteiger partial charge in [0.05, 0.1) is 11.0 Å². The van der Waals surface area contributed by atoms with Crippen molar-refractivity contribution in [2.45, 2.75) is 0 Å². The molecule has 27 heavy (non-hydrogen) atoms. The molecule has 0 aliphatic heterocycles. The Morgan fingerprint density at radius 1 is 0.519 bits per heavy atom. The van der Waals surface area contributed by atoms with E-state index in [2.05, 4.69) is 121 Å². The second-order valence-electron chi connectivity index (χ2n) is 6.51. The molecular formula is C24H15Br2N. The van der Waals surface area contributed by atoms with Crippen LogP contribution in [0.1, 0.15) is 0 Å². The zero-order chi connectivity index (χ0) is 18.4. The van der Waals surface area contributed by atoms with Gasteiger partial charge in [-0.25, -0.2) is 0 Å². The van der Waals surface area contributed by atoms with Gasteiger partial charge in [-0.2, -0.15) is 0 Å². The fraction of sp³-hybridized carbons (Fsp3) is 0. The molecule has 0 radical (unpaired) electrons. The number of hydrogen-bond acceptors (Lipinski definition) is 0. The smallest absolute Gasteiger partial charge is 0.0541 e. The van der Waals surface area contributed by atoms with Gasteiger partial charge in [0.15, 0.2) is 0 Å². The predicted molar refractivity (Wildman–Crippen MR) is 122 cm³/mol. The van der Waals surface area contributed by atoms with Crippen LogP contribution in [0.2, 0.25) is 0 Å². The largest absolute Gasteiger partial charge is 0.309 e. The summed E-state index contributed by atoms with van der Waals surface area (Å²) in [6.45, 7) is 0. The van der Waals surface area contributed by atoms with E-state index in [9.17, 15) is 0 Å². The maximum Gasteiger partial charge on any atom is 0.0541 e. The van der Waals surface area contributed by atoms with Crippen molar-refractivity contribution in [1.29, 1.82) is 0 Å². The molecule has 5 aromatic rings. The lowest BCUT2D eigenvalue weighted by Crippen LogP contribution is -1.95. The van der Waals surface area contributed by atoms with E-state index < -0.39 is 0 Å². The number of rotatable bonds is 2. The molecule has 5 rings (SSSR count). The van der Waals surface area contributed by atoms with Gasteiger partial charge in [-0.1, -0.05) is 86.5 Å². The molecule has 0 amide bonds. The van der Waals surface area contributed by atoms with E-state index in [1.165, 1.54) is 32.9 Å². The van der Waals surface area contributed by atoms with E-state index in [-0.39, 0.29) is 0 Å². The van der Waals surface area contributed by atoms with Crippen LogP contribution in [-0.4, -0.2) is 4.57 Å². The van der Waals surface area contributed by atoms with E-state index >= 15 is 0 Å². The lowest BCUT2D eigenvalue weighted by atomic mass is 10.1. The van der Waals surface area contributed by atoms with Crippen LogP contribution in [0.15, 0.2) is 99.9 Å². The first-order chi connectivity index (χ1) is 13.2. The normalized spacial score (nSPS) is 11.3. The van der Waals surface area contributed by atoms with Gasteiger partial charge in [-0.15, -0.1) is 0 Å². The van der Waals surface area contributed by atoms with Crippen LogP contribution >= 0.6 is 31.9 Å². The Balaban J connectivity index is 1.84. The van der Waals surface area contributed by atoms with E-state index in [0.717, 1.165) is 14.6 Å². The molecule has 1 heterocycles. The summed E-state index contributed by atoms with van der Waals surface area (Å²) in [6.07, 6.45) is 0. The Hall–Kier alpha value is -2.36. The maximum absolute atomic E-state index is 3.73. The Kier molecular flexibility index (Phi) is 4.14. The Bertz CT molecular complexity index is 1250. The lowest BCUT2D eigenvalue weighted by Gasteiger charge is -2.13. The molecule has 0 N–H and O–H groups in total. The van der Waals surface area contributed by atoms with E-state index in [0.29, 0.717) is 0 Å². The number of para-hydroxylation sites is 2. The van der Waals surface area contributed by atoms with E-state index in [4.69, 9.17) is 0 Å². The summed E-state index contributed by atoms with van der Waals surface area (Å²) < 4.78 is 4.52. The van der Waals surface area contributed by atoms with Crippen LogP contribution in [0.25, 0.3) is 38.6 Å². The number of halogens is 2. The Labute approximate surface area is 174 Å². The first kappa shape index (κ1) is 16.8. The van der Waals surface area contributed by atoms with Gasteiger partial charge in [-0.05, 0) is 47.5 Å². The molecule has 0 aliphatic carbocycles. The van der Waals surface area contributed by atoms with Crippen molar-refractivity contribution in [2.24, 2.45) is 0 Å². The van der Waals surface area contributed by atoms with Gasteiger partial charge >= 0.3 is 0 Å². The topological polar surface area (TPSA) is 4.93 Å². The third-order valence-electron chi connectivity index (χ3n) is 4.95. The van der Waals surface area contributed by atoms with E-state index in [1.54, 1.807) is 0 Å². The standard InChI is InChI=1S/C24H15Br2N/c25-21-10-4-1-7-17(21)20-15-16(13-14-22(20)26)27-23-11-5-2-8-18(23)19-9-3-6-12-24(19)27/h1-15H. The molecule has 0 saturated heterocycles. The summed E-state index contributed by atoms with van der Waals surface area (Å²) in [5.41, 5.74) is 5.94. The van der Waals surface area contributed by atoms with Crippen molar-refractivity contribution in [3.05, 3.63) is 99.9 Å². The van der Waals surface area contributed by atoms with Crippen molar-refractivity contribution in [2.75, 3.05) is 0 Å². The summed E-state index contributed by atoms with van der Waals surface area (Å²) in [4.78, 5) is 0. The van der Waals surface area contributed by atoms with Gasteiger partial charge in [-0.3, -0.25) is 0 Å². The van der Waals surface area contributed by atoms with Crippen LogP contribution in [0.5, 0.6) is 0 Å². The van der Waals surface area contributed by atoms with Crippen molar-refractivity contribution >= 4 is 53.7 Å². The minimum atomic E-state index is 1.08. The monoisotopic (exact) mass is 475 g/mol. The molecule has 0 saturated carbocycles. The Morgan fingerprint density at radius 2 is 1.07 bits per heavy atom. The number of hydrogen-bond donors (Lipinski definition) is 0. The molecule has 0 spiro atoms. The highest BCUT2D eigenvalue weighted by Gasteiger charge is 2.14. The highest BCUT2D eigenvalue weighted by molar-refractivity contribution is 9.11. The third-order valence-corrected chi connectivity index (χ3v) is 6.34. The minimum absolute atomic E-state index is 1.08. The minimum Gasteiger partial charge on any atom is -0.309 e. The molecule has 1 nitrogen and oxygen atoms in total. The number of fused-ring (bicyclic) bond motifs is 3. The van der Waals surface area contributed by atoms with Gasteiger partial charge in [0.2, 0.25) is 0 Å². The number of aromatic nitrogens is 1. The fourth-order valence-electron chi connectivity index (χ4n) is 3.74. The third kappa shape index (κ3) is 2.73. The quantitative estimate of drug-likeness (QED) is 0.243. The van der Waals surface area contributed by atoms with Gasteiger partial charge in [0, 0.05) is 25.4 Å². The summed E-state index contributed by atoms with van der Waals surface area (Å²) in [7, 11) is 0. The molecule has 130 valence electrons. The fourth-order valence-corrected chi connectivity index (χ4v) is 4.70. The number of benzene rings is 4.